The van der Waals surface area contributed by atoms with E-state index in [4.69, 9.17) is 0 Å². The summed E-state index contributed by atoms with van der Waals surface area (Å²) in [5.41, 5.74) is 3.91. The number of rotatable bonds is 5. The summed E-state index contributed by atoms with van der Waals surface area (Å²) in [5.74, 6) is -0.339. The summed E-state index contributed by atoms with van der Waals surface area (Å²) in [6.07, 6.45) is 1.11. The van der Waals surface area contributed by atoms with Crippen LogP contribution in [0.4, 0.5) is 9.52 Å². The van der Waals surface area contributed by atoms with Crippen molar-refractivity contribution in [1.29, 1.82) is 0 Å². The van der Waals surface area contributed by atoms with Crippen LogP contribution < -0.4 is 5.32 Å². The van der Waals surface area contributed by atoms with Gasteiger partial charge in [-0.3, -0.25) is 4.79 Å². The molecule has 2 aromatic carbocycles. The molecule has 1 heterocycles. The number of nitrogens with zero attached hydrogens (tertiary/aromatic N) is 1. The number of benzene rings is 2. The third-order valence-electron chi connectivity index (χ3n) is 3.65. The van der Waals surface area contributed by atoms with Gasteiger partial charge in [0.15, 0.2) is 5.13 Å². The van der Waals surface area contributed by atoms with Crippen LogP contribution in [0.1, 0.15) is 17.5 Å². The van der Waals surface area contributed by atoms with Gasteiger partial charge in [0.2, 0.25) is 5.91 Å². The number of amides is 1. The number of hydrogen-bond donors (Lipinski definition) is 1. The van der Waals surface area contributed by atoms with E-state index in [1.807, 2.05) is 36.6 Å². The highest BCUT2D eigenvalue weighted by Crippen LogP contribution is 2.25. The molecular formula is C19H17FN2OS. The maximum absolute atomic E-state index is 13.0. The lowest BCUT2D eigenvalue weighted by Gasteiger charge is -2.03. The van der Waals surface area contributed by atoms with Crippen molar-refractivity contribution >= 4 is 22.4 Å². The summed E-state index contributed by atoms with van der Waals surface area (Å²) in [6, 6.07) is 14.3. The fourth-order valence-corrected chi connectivity index (χ4v) is 3.01. The van der Waals surface area contributed by atoms with Crippen LogP contribution in [0.3, 0.4) is 0 Å². The zero-order valence-electron chi connectivity index (χ0n) is 13.3. The van der Waals surface area contributed by atoms with Gasteiger partial charge in [-0.15, -0.1) is 11.3 Å². The number of carbonyl (C=O) groups excluding carboxylic acids is 1. The van der Waals surface area contributed by atoms with E-state index < -0.39 is 0 Å². The quantitative estimate of drug-likeness (QED) is 0.723. The normalized spacial score (nSPS) is 10.6. The molecule has 1 amide bonds. The number of halogens is 1. The minimum absolute atomic E-state index is 0.0596. The number of aryl methyl sites for hydroxylation is 2. The summed E-state index contributed by atoms with van der Waals surface area (Å²) in [7, 11) is 0. The fraction of sp³-hybridized carbons (Fsp3) is 0.158. The molecule has 122 valence electrons. The zero-order valence-corrected chi connectivity index (χ0v) is 14.1. The predicted octanol–water partition coefficient (Wildman–Crippen LogP) is 4.83. The molecule has 0 atom stereocenters. The van der Waals surface area contributed by atoms with Crippen LogP contribution in [-0.4, -0.2) is 10.9 Å². The van der Waals surface area contributed by atoms with Gasteiger partial charge in [-0.05, 0) is 43.2 Å². The molecule has 0 unspecified atom stereocenters. The van der Waals surface area contributed by atoms with Crippen molar-refractivity contribution in [1.82, 2.24) is 4.98 Å². The summed E-state index contributed by atoms with van der Waals surface area (Å²) in [4.78, 5) is 16.4. The highest BCUT2D eigenvalue weighted by molar-refractivity contribution is 7.14. The van der Waals surface area contributed by atoms with Gasteiger partial charge < -0.3 is 5.32 Å². The summed E-state index contributed by atoms with van der Waals surface area (Å²) in [6.45, 7) is 2.04. The Morgan fingerprint density at radius 1 is 1.12 bits per heavy atom. The monoisotopic (exact) mass is 340 g/mol. The first-order valence-electron chi connectivity index (χ1n) is 7.67. The number of thiazole rings is 1. The SMILES string of the molecule is Cc1ccc(CCC(=O)Nc2nc(-c3ccc(F)cc3)cs2)cc1. The van der Waals surface area contributed by atoms with Gasteiger partial charge in [0, 0.05) is 17.4 Å². The molecule has 0 fully saturated rings. The number of nitrogens with one attached hydrogen (secondary N) is 1. The van der Waals surface area contributed by atoms with Crippen LogP contribution in [0.5, 0.6) is 0 Å². The van der Waals surface area contributed by atoms with Crippen LogP contribution in [-0.2, 0) is 11.2 Å². The van der Waals surface area contributed by atoms with Crippen molar-refractivity contribution in [2.75, 3.05) is 5.32 Å². The fourth-order valence-electron chi connectivity index (χ4n) is 2.28. The molecule has 5 heteroatoms. The van der Waals surface area contributed by atoms with E-state index in [2.05, 4.69) is 10.3 Å². The van der Waals surface area contributed by atoms with Crippen molar-refractivity contribution in [3.63, 3.8) is 0 Å². The standard InChI is InChI=1S/C19H17FN2OS/c1-13-2-4-14(5-3-13)6-11-18(23)22-19-21-17(12-24-19)15-7-9-16(20)10-8-15/h2-5,7-10,12H,6,11H2,1H3,(H,21,22,23). The van der Waals surface area contributed by atoms with Crippen LogP contribution in [0.25, 0.3) is 11.3 Å². The van der Waals surface area contributed by atoms with E-state index in [1.54, 1.807) is 12.1 Å². The molecule has 0 saturated heterocycles. The largest absolute Gasteiger partial charge is 0.302 e. The Morgan fingerprint density at radius 2 is 1.83 bits per heavy atom. The minimum atomic E-state index is -0.279. The zero-order chi connectivity index (χ0) is 16.9. The van der Waals surface area contributed by atoms with E-state index in [9.17, 15) is 9.18 Å². The van der Waals surface area contributed by atoms with Gasteiger partial charge in [-0.1, -0.05) is 29.8 Å². The lowest BCUT2D eigenvalue weighted by atomic mass is 10.1. The number of hydrogen-bond acceptors (Lipinski definition) is 3. The highest BCUT2D eigenvalue weighted by Gasteiger charge is 2.08. The Labute approximate surface area is 144 Å². The first kappa shape index (κ1) is 16.3. The topological polar surface area (TPSA) is 42.0 Å². The van der Waals surface area contributed by atoms with Crippen LogP contribution >= 0.6 is 11.3 Å². The minimum Gasteiger partial charge on any atom is -0.302 e. The van der Waals surface area contributed by atoms with E-state index in [1.165, 1.54) is 29.0 Å². The number of carbonyl (C=O) groups is 1. The lowest BCUT2D eigenvalue weighted by molar-refractivity contribution is -0.116. The molecular weight excluding hydrogens is 323 g/mol. The number of aromatic nitrogens is 1. The van der Waals surface area contributed by atoms with Crippen LogP contribution in [0, 0.1) is 12.7 Å². The molecule has 0 saturated carbocycles. The first-order valence-corrected chi connectivity index (χ1v) is 8.55. The van der Waals surface area contributed by atoms with Gasteiger partial charge in [0.1, 0.15) is 5.82 Å². The third-order valence-corrected chi connectivity index (χ3v) is 4.41. The first-order chi connectivity index (χ1) is 11.6. The molecule has 0 aliphatic carbocycles. The van der Waals surface area contributed by atoms with E-state index in [-0.39, 0.29) is 11.7 Å². The second-order valence-corrected chi connectivity index (χ2v) is 6.44. The average Bonchev–Trinajstić information content (AvgIpc) is 3.03. The van der Waals surface area contributed by atoms with Crippen LogP contribution in [0.2, 0.25) is 0 Å². The average molecular weight is 340 g/mol. The van der Waals surface area contributed by atoms with Gasteiger partial charge >= 0.3 is 0 Å². The molecule has 3 aromatic rings. The number of anilines is 1. The predicted molar refractivity (Wildman–Crippen MR) is 95.6 cm³/mol. The van der Waals surface area contributed by atoms with Gasteiger partial charge in [-0.25, -0.2) is 9.37 Å². The maximum atomic E-state index is 13.0. The van der Waals surface area contributed by atoms with E-state index >= 15 is 0 Å². The Morgan fingerprint density at radius 3 is 2.54 bits per heavy atom. The molecule has 0 bridgehead atoms. The van der Waals surface area contributed by atoms with Gasteiger partial charge in [0.25, 0.3) is 0 Å². The summed E-state index contributed by atoms with van der Waals surface area (Å²) >= 11 is 1.36. The Hall–Kier alpha value is -2.53. The van der Waals surface area contributed by atoms with Crippen molar-refractivity contribution in [3.8, 4) is 11.3 Å². The molecule has 3 nitrogen and oxygen atoms in total. The molecule has 0 aliphatic rings. The molecule has 0 radical (unpaired) electrons. The van der Waals surface area contributed by atoms with Crippen molar-refractivity contribution in [2.24, 2.45) is 0 Å². The molecule has 24 heavy (non-hydrogen) atoms. The van der Waals surface area contributed by atoms with E-state index in [0.717, 1.165) is 16.8 Å². The Kier molecular flexibility index (Phi) is 5.01. The van der Waals surface area contributed by atoms with E-state index in [0.29, 0.717) is 18.0 Å². The second kappa shape index (κ2) is 7.36. The summed E-state index contributed by atoms with van der Waals surface area (Å²) < 4.78 is 13.0. The Bertz CT molecular complexity index is 825. The molecule has 1 aromatic heterocycles. The van der Waals surface area contributed by atoms with Crippen molar-refractivity contribution in [2.45, 2.75) is 19.8 Å². The van der Waals surface area contributed by atoms with Gasteiger partial charge in [-0.2, -0.15) is 0 Å². The lowest BCUT2D eigenvalue weighted by Crippen LogP contribution is -2.12. The molecule has 0 aliphatic heterocycles. The smallest absolute Gasteiger partial charge is 0.226 e. The molecule has 3 rings (SSSR count). The van der Waals surface area contributed by atoms with Gasteiger partial charge in [0.05, 0.1) is 5.69 Å². The maximum Gasteiger partial charge on any atom is 0.226 e. The molecule has 1 N–H and O–H groups in total. The molecule has 0 spiro atoms. The second-order valence-electron chi connectivity index (χ2n) is 5.58. The van der Waals surface area contributed by atoms with Crippen LogP contribution in [0.15, 0.2) is 53.9 Å². The highest BCUT2D eigenvalue weighted by atomic mass is 32.1. The third kappa shape index (κ3) is 4.26. The summed E-state index contributed by atoms with van der Waals surface area (Å²) in [5, 5.41) is 5.23. The Balaban J connectivity index is 1.57. The van der Waals surface area contributed by atoms with Crippen molar-refractivity contribution < 1.29 is 9.18 Å². The van der Waals surface area contributed by atoms with Crippen molar-refractivity contribution in [3.05, 3.63) is 70.9 Å².